The monoisotopic (exact) mass is 381 g/mol. The van der Waals surface area contributed by atoms with Gasteiger partial charge in [-0.2, -0.15) is 4.98 Å². The van der Waals surface area contributed by atoms with Gasteiger partial charge in [-0.05, 0) is 38.1 Å². The first-order valence-corrected chi connectivity index (χ1v) is 9.99. The summed E-state index contributed by atoms with van der Waals surface area (Å²) in [4.78, 5) is 6.10. The number of halogens is 1. The van der Waals surface area contributed by atoms with E-state index in [4.69, 9.17) is 4.52 Å². The van der Waals surface area contributed by atoms with E-state index in [0.29, 0.717) is 17.9 Å². The van der Waals surface area contributed by atoms with Crippen molar-refractivity contribution >= 4 is 10.0 Å². The van der Waals surface area contributed by atoms with Crippen LogP contribution in [0.3, 0.4) is 0 Å². The Labute approximate surface area is 150 Å². The molecule has 10 heteroatoms. The minimum atomic E-state index is -3.91. The third kappa shape index (κ3) is 3.50. The van der Waals surface area contributed by atoms with E-state index in [1.54, 1.807) is 0 Å². The van der Waals surface area contributed by atoms with E-state index in [1.807, 2.05) is 7.05 Å². The van der Waals surface area contributed by atoms with E-state index in [-0.39, 0.29) is 18.0 Å². The van der Waals surface area contributed by atoms with Crippen molar-refractivity contribution in [3.8, 4) is 11.5 Å². The Bertz CT molecular complexity index is 912. The Balaban J connectivity index is 1.63. The molecule has 0 radical (unpaired) electrons. The summed E-state index contributed by atoms with van der Waals surface area (Å²) < 4.78 is 46.6. The van der Waals surface area contributed by atoms with Crippen LogP contribution in [-0.2, 0) is 10.0 Å². The van der Waals surface area contributed by atoms with Gasteiger partial charge in [0.05, 0.1) is 6.04 Å². The fraction of sp³-hybridized carbons (Fsp3) is 0.500. The summed E-state index contributed by atoms with van der Waals surface area (Å²) in [6.45, 7) is 2.45. The van der Waals surface area contributed by atoms with Crippen molar-refractivity contribution in [2.24, 2.45) is 0 Å². The highest BCUT2D eigenvalue weighted by Crippen LogP contribution is 2.28. The molecule has 1 atom stereocenters. The van der Waals surface area contributed by atoms with Gasteiger partial charge in [0.1, 0.15) is 10.7 Å². The highest BCUT2D eigenvalue weighted by atomic mass is 32.2. The first-order valence-electron chi connectivity index (χ1n) is 8.51. The number of sulfonamides is 1. The lowest BCUT2D eigenvalue weighted by Crippen LogP contribution is -2.44. The number of benzene rings is 1. The summed E-state index contributed by atoms with van der Waals surface area (Å²) in [5.74, 6) is -0.126. The number of nitrogens with zero attached hydrogens (tertiary/aromatic N) is 3. The molecule has 0 spiro atoms. The fourth-order valence-corrected chi connectivity index (χ4v) is 4.32. The third-order valence-electron chi connectivity index (χ3n) is 4.62. The van der Waals surface area contributed by atoms with Crippen LogP contribution >= 0.6 is 0 Å². The first kappa shape index (κ1) is 17.5. The van der Waals surface area contributed by atoms with Gasteiger partial charge in [-0.25, -0.2) is 17.5 Å². The maximum atomic E-state index is 14.1. The molecule has 1 unspecified atom stereocenters. The molecule has 0 amide bonds. The van der Waals surface area contributed by atoms with Crippen molar-refractivity contribution in [1.82, 2.24) is 25.1 Å². The lowest BCUT2D eigenvalue weighted by Gasteiger charge is -2.30. The topological polar surface area (TPSA) is 100 Å². The molecule has 2 aliphatic rings. The average Bonchev–Trinajstić information content (AvgIpc) is 3.27. The Hall–Kier alpha value is -1.88. The number of likely N-dealkylation sites (N-methyl/N-ethyl adjacent to an activating group) is 1. The van der Waals surface area contributed by atoms with E-state index in [1.165, 1.54) is 12.1 Å². The van der Waals surface area contributed by atoms with Crippen LogP contribution in [0.15, 0.2) is 27.6 Å². The Morgan fingerprint density at radius 1 is 1.38 bits per heavy atom. The molecule has 2 heterocycles. The average molecular weight is 381 g/mol. The van der Waals surface area contributed by atoms with Gasteiger partial charge in [0.25, 0.3) is 5.89 Å². The SMILES string of the molecule is CN1CCNCC1c1noc(-c2ccc(F)c(S(=O)(=O)NC3CC3)c2)n1. The van der Waals surface area contributed by atoms with Crippen LogP contribution in [0.2, 0.25) is 0 Å². The van der Waals surface area contributed by atoms with Crippen LogP contribution in [0, 0.1) is 5.82 Å². The summed E-state index contributed by atoms with van der Waals surface area (Å²) in [5.41, 5.74) is 0.368. The number of rotatable bonds is 5. The molecule has 1 saturated carbocycles. The Morgan fingerprint density at radius 3 is 2.92 bits per heavy atom. The standard InChI is InChI=1S/C16H20FN5O3S/c1-22-7-6-18-9-13(22)15-19-16(25-20-15)10-2-5-12(17)14(8-10)26(23,24)21-11-3-4-11/h2,5,8,11,13,18,21H,3-4,6-7,9H2,1H3. The van der Waals surface area contributed by atoms with Crippen LogP contribution in [-0.4, -0.2) is 56.2 Å². The highest BCUT2D eigenvalue weighted by molar-refractivity contribution is 7.89. The van der Waals surface area contributed by atoms with Crippen LogP contribution < -0.4 is 10.0 Å². The molecule has 26 heavy (non-hydrogen) atoms. The van der Waals surface area contributed by atoms with Crippen molar-refractivity contribution in [2.45, 2.75) is 29.8 Å². The van der Waals surface area contributed by atoms with Gasteiger partial charge in [0, 0.05) is 31.2 Å². The molecule has 140 valence electrons. The zero-order valence-electron chi connectivity index (χ0n) is 14.3. The molecule has 0 bridgehead atoms. The van der Waals surface area contributed by atoms with Crippen molar-refractivity contribution in [2.75, 3.05) is 26.7 Å². The zero-order chi connectivity index (χ0) is 18.3. The summed E-state index contributed by atoms with van der Waals surface area (Å²) in [7, 11) is -1.93. The van der Waals surface area contributed by atoms with E-state index in [0.717, 1.165) is 32.0 Å². The lowest BCUT2D eigenvalue weighted by molar-refractivity contribution is 0.190. The van der Waals surface area contributed by atoms with Gasteiger partial charge in [0.2, 0.25) is 10.0 Å². The van der Waals surface area contributed by atoms with E-state index < -0.39 is 20.7 Å². The largest absolute Gasteiger partial charge is 0.334 e. The molecule has 1 aromatic heterocycles. The normalized spacial score (nSPS) is 21.8. The maximum Gasteiger partial charge on any atom is 0.258 e. The second kappa shape index (κ2) is 6.69. The molecule has 4 rings (SSSR count). The second-order valence-electron chi connectivity index (χ2n) is 6.70. The number of hydrogen-bond donors (Lipinski definition) is 2. The summed E-state index contributed by atoms with van der Waals surface area (Å²) in [5, 5.41) is 7.29. The quantitative estimate of drug-likeness (QED) is 0.793. The third-order valence-corrected chi connectivity index (χ3v) is 6.15. The predicted molar refractivity (Wildman–Crippen MR) is 91.3 cm³/mol. The number of aromatic nitrogens is 2. The van der Waals surface area contributed by atoms with Gasteiger partial charge in [-0.3, -0.25) is 4.90 Å². The maximum absolute atomic E-state index is 14.1. The van der Waals surface area contributed by atoms with E-state index in [2.05, 4.69) is 25.1 Å². The van der Waals surface area contributed by atoms with Crippen LogP contribution in [0.1, 0.15) is 24.7 Å². The molecule has 8 nitrogen and oxygen atoms in total. The molecule has 2 N–H and O–H groups in total. The minimum absolute atomic E-state index is 0.0264. The number of hydrogen-bond acceptors (Lipinski definition) is 7. The minimum Gasteiger partial charge on any atom is -0.334 e. The van der Waals surface area contributed by atoms with E-state index >= 15 is 0 Å². The van der Waals surface area contributed by atoms with Crippen LogP contribution in [0.5, 0.6) is 0 Å². The Kier molecular flexibility index (Phi) is 4.51. The molecule has 2 aromatic rings. The van der Waals surface area contributed by atoms with Crippen molar-refractivity contribution in [3.63, 3.8) is 0 Å². The summed E-state index contributed by atoms with van der Waals surface area (Å²) in [6, 6.07) is 3.65. The molecular formula is C16H20FN5O3S. The molecule has 1 aliphatic carbocycles. The molecule has 1 aliphatic heterocycles. The number of nitrogens with one attached hydrogen (secondary N) is 2. The zero-order valence-corrected chi connectivity index (χ0v) is 15.1. The van der Waals surface area contributed by atoms with Gasteiger partial charge in [-0.15, -0.1) is 0 Å². The van der Waals surface area contributed by atoms with E-state index in [9.17, 15) is 12.8 Å². The second-order valence-corrected chi connectivity index (χ2v) is 8.38. The smallest absolute Gasteiger partial charge is 0.258 e. The fourth-order valence-electron chi connectivity index (χ4n) is 2.91. The summed E-state index contributed by atoms with van der Waals surface area (Å²) >= 11 is 0. The van der Waals surface area contributed by atoms with Crippen molar-refractivity contribution in [1.29, 1.82) is 0 Å². The molecule has 1 aromatic carbocycles. The molecular weight excluding hydrogens is 361 g/mol. The van der Waals surface area contributed by atoms with Gasteiger partial charge in [0.15, 0.2) is 5.82 Å². The van der Waals surface area contributed by atoms with Gasteiger partial charge >= 0.3 is 0 Å². The van der Waals surface area contributed by atoms with Gasteiger partial charge < -0.3 is 9.84 Å². The van der Waals surface area contributed by atoms with Crippen LogP contribution in [0.4, 0.5) is 4.39 Å². The summed E-state index contributed by atoms with van der Waals surface area (Å²) in [6.07, 6.45) is 1.55. The van der Waals surface area contributed by atoms with Crippen molar-refractivity contribution < 1.29 is 17.3 Å². The highest BCUT2D eigenvalue weighted by Gasteiger charge is 2.30. The van der Waals surface area contributed by atoms with Crippen LogP contribution in [0.25, 0.3) is 11.5 Å². The van der Waals surface area contributed by atoms with Crippen molar-refractivity contribution in [3.05, 3.63) is 29.8 Å². The molecule has 2 fully saturated rings. The predicted octanol–water partition coefficient (Wildman–Crippen LogP) is 0.892. The van der Waals surface area contributed by atoms with Gasteiger partial charge in [-0.1, -0.05) is 5.16 Å². The molecule has 1 saturated heterocycles. The Morgan fingerprint density at radius 2 is 2.19 bits per heavy atom. The number of piperazine rings is 1. The lowest BCUT2D eigenvalue weighted by atomic mass is 10.2. The first-order chi connectivity index (χ1) is 12.4.